The smallest absolute Gasteiger partial charge is 0.331 e. The highest BCUT2D eigenvalue weighted by Gasteiger charge is 2.28. The largest absolute Gasteiger partial charge is 0.355 e. The molecule has 3 amide bonds. The van der Waals surface area contributed by atoms with Gasteiger partial charge in [0.25, 0.3) is 5.56 Å². The third kappa shape index (κ3) is 6.76. The molecule has 1 aliphatic carbocycles. The summed E-state index contributed by atoms with van der Waals surface area (Å²) in [5, 5.41) is 7.80. The fraction of sp³-hybridized carbons (Fsp3) is 0.226. The van der Waals surface area contributed by atoms with Crippen LogP contribution in [0.25, 0.3) is 11.1 Å². The van der Waals surface area contributed by atoms with Crippen LogP contribution in [0.5, 0.6) is 0 Å². The molecule has 2 heterocycles. The van der Waals surface area contributed by atoms with Crippen LogP contribution >= 0.6 is 11.6 Å². The normalized spacial score (nSPS) is 13.7. The van der Waals surface area contributed by atoms with E-state index in [2.05, 4.69) is 20.9 Å². The summed E-state index contributed by atoms with van der Waals surface area (Å²) in [6, 6.07) is 14.5. The molecular weight excluding hydrogens is 591 g/mol. The van der Waals surface area contributed by atoms with Gasteiger partial charge in [0.05, 0.1) is 10.6 Å². The van der Waals surface area contributed by atoms with Crippen molar-refractivity contribution in [2.45, 2.75) is 32.9 Å². The highest BCUT2D eigenvalue weighted by Crippen LogP contribution is 2.30. The van der Waals surface area contributed by atoms with E-state index in [1.165, 1.54) is 25.3 Å². The second-order valence-corrected chi connectivity index (χ2v) is 10.7. The van der Waals surface area contributed by atoms with Crippen LogP contribution in [0.1, 0.15) is 18.1 Å². The number of anilines is 2. The molecule has 0 aliphatic heterocycles. The van der Waals surface area contributed by atoms with Gasteiger partial charge in [-0.1, -0.05) is 35.9 Å². The molecular formula is C31H28ClFN6O5. The Morgan fingerprint density at radius 3 is 2.55 bits per heavy atom. The lowest BCUT2D eigenvalue weighted by molar-refractivity contribution is -0.120. The number of aromatic nitrogens is 3. The van der Waals surface area contributed by atoms with Crippen LogP contribution in [0, 0.1) is 11.7 Å². The summed E-state index contributed by atoms with van der Waals surface area (Å²) in [4.78, 5) is 67.9. The molecule has 1 unspecified atom stereocenters. The molecule has 5 rings (SSSR count). The van der Waals surface area contributed by atoms with E-state index in [4.69, 9.17) is 11.6 Å². The van der Waals surface area contributed by atoms with Crippen molar-refractivity contribution in [2.24, 2.45) is 5.92 Å². The van der Waals surface area contributed by atoms with Crippen molar-refractivity contribution in [2.75, 3.05) is 17.2 Å². The summed E-state index contributed by atoms with van der Waals surface area (Å²) in [6.45, 7) is 0.627. The van der Waals surface area contributed by atoms with Crippen LogP contribution in [-0.4, -0.2) is 38.4 Å². The number of carbonyl (C=O) groups is 3. The lowest BCUT2D eigenvalue weighted by Gasteiger charge is -2.15. The average Bonchev–Trinajstić information content (AvgIpc) is 3.42. The minimum atomic E-state index is -0.789. The summed E-state index contributed by atoms with van der Waals surface area (Å²) < 4.78 is 16.1. The number of nitrogens with one attached hydrogen (secondary N) is 3. The number of hydrogen-bond acceptors (Lipinski definition) is 6. The maximum atomic E-state index is 14.2. The number of fused-ring (bicyclic) bond motifs is 1. The Labute approximate surface area is 255 Å². The lowest BCUT2D eigenvalue weighted by Crippen LogP contribution is -2.44. The Kier molecular flexibility index (Phi) is 9.00. The van der Waals surface area contributed by atoms with E-state index < -0.39 is 29.5 Å². The zero-order valence-corrected chi connectivity index (χ0v) is 24.4. The number of benzene rings is 2. The van der Waals surface area contributed by atoms with E-state index in [9.17, 15) is 28.4 Å². The predicted octanol–water partition coefficient (Wildman–Crippen LogP) is 2.99. The first kappa shape index (κ1) is 30.4. The molecule has 11 nitrogen and oxygen atoms in total. The number of pyridine rings is 1. The molecule has 4 aromatic rings. The topological polar surface area (TPSA) is 144 Å². The maximum absolute atomic E-state index is 14.2. The van der Waals surface area contributed by atoms with Crippen LogP contribution in [0.15, 0.2) is 76.6 Å². The molecule has 44 heavy (non-hydrogen) atoms. The van der Waals surface area contributed by atoms with Gasteiger partial charge in [-0.05, 0) is 54.3 Å². The van der Waals surface area contributed by atoms with Crippen molar-refractivity contribution < 1.29 is 18.8 Å². The first-order chi connectivity index (χ1) is 21.1. The number of rotatable bonds is 9. The number of halogens is 2. The second kappa shape index (κ2) is 13.0. The number of carbonyl (C=O) groups excluding carboxylic acids is 3. The van der Waals surface area contributed by atoms with Gasteiger partial charge in [-0.25, -0.2) is 14.2 Å². The summed E-state index contributed by atoms with van der Waals surface area (Å²) in [5.41, 5.74) is 0.808. The SMILES string of the molecule is CC(=O)NCCn1c(=O)c(-c2cccc(F)c2Cl)cn(CC(=O)Nc2ccc3c(c2)CC(C(=O)Nc2ccccn2)C3)c1=O. The molecule has 0 bridgehead atoms. The summed E-state index contributed by atoms with van der Waals surface area (Å²) in [5.74, 6) is -1.62. The minimum Gasteiger partial charge on any atom is -0.355 e. The third-order valence-corrected chi connectivity index (χ3v) is 7.60. The molecule has 226 valence electrons. The van der Waals surface area contributed by atoms with Gasteiger partial charge in [0.2, 0.25) is 17.7 Å². The average molecular weight is 619 g/mol. The molecule has 0 fully saturated rings. The summed E-state index contributed by atoms with van der Waals surface area (Å²) in [7, 11) is 0. The first-order valence-corrected chi connectivity index (χ1v) is 14.1. The van der Waals surface area contributed by atoms with Crippen LogP contribution < -0.4 is 27.2 Å². The Morgan fingerprint density at radius 2 is 1.80 bits per heavy atom. The van der Waals surface area contributed by atoms with Gasteiger partial charge in [0.1, 0.15) is 18.2 Å². The van der Waals surface area contributed by atoms with Crippen LogP contribution in [0.2, 0.25) is 5.02 Å². The minimum absolute atomic E-state index is 0.0208. The van der Waals surface area contributed by atoms with E-state index in [-0.39, 0.29) is 47.0 Å². The number of amides is 3. The van der Waals surface area contributed by atoms with Gasteiger partial charge >= 0.3 is 5.69 Å². The Morgan fingerprint density at radius 1 is 1.00 bits per heavy atom. The second-order valence-electron chi connectivity index (χ2n) is 10.3. The van der Waals surface area contributed by atoms with Gasteiger partial charge < -0.3 is 16.0 Å². The van der Waals surface area contributed by atoms with Crippen molar-refractivity contribution >= 4 is 40.8 Å². The Balaban J connectivity index is 1.35. The van der Waals surface area contributed by atoms with Crippen molar-refractivity contribution in [3.05, 3.63) is 110 Å². The van der Waals surface area contributed by atoms with E-state index in [1.807, 2.05) is 6.07 Å². The zero-order valence-electron chi connectivity index (χ0n) is 23.6. The molecule has 1 atom stereocenters. The van der Waals surface area contributed by atoms with Crippen molar-refractivity contribution in [3.8, 4) is 11.1 Å². The molecule has 13 heteroatoms. The van der Waals surface area contributed by atoms with Crippen molar-refractivity contribution in [3.63, 3.8) is 0 Å². The summed E-state index contributed by atoms with van der Waals surface area (Å²) >= 11 is 6.14. The predicted molar refractivity (Wildman–Crippen MR) is 163 cm³/mol. The van der Waals surface area contributed by atoms with Crippen molar-refractivity contribution in [1.29, 1.82) is 0 Å². The molecule has 0 saturated carbocycles. The Bertz CT molecular complexity index is 1870. The Hall–Kier alpha value is -5.10. The fourth-order valence-electron chi connectivity index (χ4n) is 5.11. The lowest BCUT2D eigenvalue weighted by atomic mass is 10.1. The maximum Gasteiger partial charge on any atom is 0.331 e. The first-order valence-electron chi connectivity index (χ1n) is 13.8. The van der Waals surface area contributed by atoms with Crippen LogP contribution in [0.4, 0.5) is 15.9 Å². The molecule has 0 spiro atoms. The quantitative estimate of drug-likeness (QED) is 0.263. The monoisotopic (exact) mass is 618 g/mol. The molecule has 2 aromatic carbocycles. The fourth-order valence-corrected chi connectivity index (χ4v) is 5.33. The highest BCUT2D eigenvalue weighted by molar-refractivity contribution is 6.33. The molecule has 0 saturated heterocycles. The van der Waals surface area contributed by atoms with Gasteiger partial charge in [0.15, 0.2) is 0 Å². The van der Waals surface area contributed by atoms with Gasteiger partial charge in [-0.3, -0.25) is 28.3 Å². The standard InChI is InChI=1S/C31H28ClFN6O5/c1-18(40)34-11-12-39-30(43)24(23-5-4-6-25(33)28(23)32)16-38(31(39)44)17-27(41)36-22-9-8-19-13-21(14-20(19)15-22)29(42)37-26-7-2-3-10-35-26/h2-10,15-16,21H,11-14,17H2,1H3,(H,34,40)(H,36,41)(H,35,37,42). The van der Waals surface area contributed by atoms with E-state index in [1.54, 1.807) is 36.5 Å². The zero-order chi connectivity index (χ0) is 31.4. The third-order valence-electron chi connectivity index (χ3n) is 7.21. The summed E-state index contributed by atoms with van der Waals surface area (Å²) in [6.07, 6.45) is 3.80. The van der Waals surface area contributed by atoms with Crippen LogP contribution in [0.3, 0.4) is 0 Å². The van der Waals surface area contributed by atoms with Crippen molar-refractivity contribution in [1.82, 2.24) is 19.4 Å². The van der Waals surface area contributed by atoms with E-state index >= 15 is 0 Å². The van der Waals surface area contributed by atoms with E-state index in [0.717, 1.165) is 26.3 Å². The molecule has 2 aromatic heterocycles. The van der Waals surface area contributed by atoms with Gasteiger partial charge in [0, 0.05) is 49.6 Å². The molecule has 1 aliphatic rings. The van der Waals surface area contributed by atoms with Gasteiger partial charge in [-0.15, -0.1) is 0 Å². The van der Waals surface area contributed by atoms with Crippen LogP contribution in [-0.2, 0) is 40.3 Å². The highest BCUT2D eigenvalue weighted by atomic mass is 35.5. The number of nitrogens with zero attached hydrogens (tertiary/aromatic N) is 3. The van der Waals surface area contributed by atoms with Gasteiger partial charge in [-0.2, -0.15) is 0 Å². The molecule has 0 radical (unpaired) electrons. The van der Waals surface area contributed by atoms with E-state index in [0.29, 0.717) is 24.3 Å². The number of hydrogen-bond donors (Lipinski definition) is 3. The molecule has 3 N–H and O–H groups in total.